The van der Waals surface area contributed by atoms with Crippen molar-refractivity contribution >= 4 is 5.82 Å². The van der Waals surface area contributed by atoms with Crippen LogP contribution in [-0.2, 0) is 4.74 Å². The molecule has 4 nitrogen and oxygen atoms in total. The topological polar surface area (TPSA) is 28.6 Å². The summed E-state index contributed by atoms with van der Waals surface area (Å²) in [6.45, 7) is 10.5. The third-order valence-electron chi connectivity index (χ3n) is 3.85. The molecule has 1 saturated heterocycles. The quantitative estimate of drug-likeness (QED) is 0.830. The highest BCUT2D eigenvalue weighted by molar-refractivity contribution is 5.40. The Labute approximate surface area is 116 Å². The number of rotatable bonds is 4. The number of nitrogens with zero attached hydrogens (tertiary/aromatic N) is 3. The molecule has 106 valence electrons. The lowest BCUT2D eigenvalue weighted by molar-refractivity contribution is 0.0844. The molecule has 2 rings (SSSR count). The molecule has 2 heterocycles. The maximum atomic E-state index is 5.20. The molecule has 0 bridgehead atoms. The fourth-order valence-electron chi connectivity index (χ4n) is 2.89. The Kier molecular flexibility index (Phi) is 4.77. The molecule has 0 radical (unpaired) electrons. The molecule has 0 aliphatic carbocycles. The van der Waals surface area contributed by atoms with E-state index in [9.17, 15) is 0 Å². The van der Waals surface area contributed by atoms with Crippen molar-refractivity contribution in [2.24, 2.45) is 0 Å². The van der Waals surface area contributed by atoms with Gasteiger partial charge in [0.05, 0.1) is 6.61 Å². The minimum absolute atomic E-state index is 0.529. The van der Waals surface area contributed by atoms with Crippen LogP contribution < -0.4 is 4.90 Å². The molecule has 0 spiro atoms. The first-order valence-corrected chi connectivity index (χ1v) is 7.05. The zero-order valence-corrected chi connectivity index (χ0v) is 12.5. The van der Waals surface area contributed by atoms with Crippen LogP contribution in [-0.4, -0.2) is 55.3 Å². The van der Waals surface area contributed by atoms with Gasteiger partial charge in [-0.3, -0.25) is 4.90 Å². The maximum absolute atomic E-state index is 5.20. The van der Waals surface area contributed by atoms with Gasteiger partial charge in [0.15, 0.2) is 0 Å². The van der Waals surface area contributed by atoms with Gasteiger partial charge in [0.2, 0.25) is 0 Å². The molecule has 0 N–H and O–H groups in total. The van der Waals surface area contributed by atoms with Crippen molar-refractivity contribution in [1.29, 1.82) is 0 Å². The van der Waals surface area contributed by atoms with E-state index in [-0.39, 0.29) is 0 Å². The van der Waals surface area contributed by atoms with Crippen molar-refractivity contribution in [3.05, 3.63) is 23.9 Å². The molecule has 0 saturated carbocycles. The number of pyridine rings is 1. The first-order valence-electron chi connectivity index (χ1n) is 7.05. The maximum Gasteiger partial charge on any atom is 0.128 e. The highest BCUT2D eigenvalue weighted by Gasteiger charge is 2.29. The van der Waals surface area contributed by atoms with Crippen molar-refractivity contribution in [2.45, 2.75) is 32.9 Å². The first-order chi connectivity index (χ1) is 9.11. The van der Waals surface area contributed by atoms with Gasteiger partial charge in [-0.15, -0.1) is 0 Å². The van der Waals surface area contributed by atoms with Gasteiger partial charge < -0.3 is 9.64 Å². The van der Waals surface area contributed by atoms with Gasteiger partial charge in [0, 0.05) is 44.5 Å². The number of hydrogen-bond acceptors (Lipinski definition) is 4. The molecule has 1 aliphatic heterocycles. The summed E-state index contributed by atoms with van der Waals surface area (Å²) >= 11 is 0. The number of ether oxygens (including phenoxy) is 1. The minimum Gasteiger partial charge on any atom is -0.383 e. The van der Waals surface area contributed by atoms with Crippen LogP contribution in [0.3, 0.4) is 0 Å². The number of hydrogen-bond donors (Lipinski definition) is 0. The fourth-order valence-corrected chi connectivity index (χ4v) is 2.89. The minimum atomic E-state index is 0.529. The van der Waals surface area contributed by atoms with Crippen LogP contribution >= 0.6 is 0 Å². The van der Waals surface area contributed by atoms with E-state index in [0.29, 0.717) is 12.1 Å². The zero-order valence-electron chi connectivity index (χ0n) is 12.5. The van der Waals surface area contributed by atoms with E-state index in [0.717, 1.165) is 37.8 Å². The Morgan fingerprint density at radius 2 is 1.95 bits per heavy atom. The predicted molar refractivity (Wildman–Crippen MR) is 78.7 cm³/mol. The monoisotopic (exact) mass is 263 g/mol. The Morgan fingerprint density at radius 1 is 1.26 bits per heavy atom. The van der Waals surface area contributed by atoms with E-state index in [1.165, 1.54) is 0 Å². The molecule has 2 atom stereocenters. The molecule has 1 aliphatic rings. The second kappa shape index (κ2) is 6.35. The van der Waals surface area contributed by atoms with Crippen LogP contribution in [0.5, 0.6) is 0 Å². The average Bonchev–Trinajstić information content (AvgIpc) is 2.37. The average molecular weight is 263 g/mol. The van der Waals surface area contributed by atoms with Gasteiger partial charge in [0.1, 0.15) is 5.82 Å². The molecule has 19 heavy (non-hydrogen) atoms. The third-order valence-corrected chi connectivity index (χ3v) is 3.85. The van der Waals surface area contributed by atoms with Crippen LogP contribution in [0.2, 0.25) is 0 Å². The Bertz CT molecular complexity index is 398. The van der Waals surface area contributed by atoms with Crippen LogP contribution in [0.15, 0.2) is 18.2 Å². The fraction of sp³-hybridized carbons (Fsp3) is 0.667. The van der Waals surface area contributed by atoms with Crippen molar-refractivity contribution in [1.82, 2.24) is 9.88 Å². The van der Waals surface area contributed by atoms with Crippen LogP contribution in [0.4, 0.5) is 5.82 Å². The van der Waals surface area contributed by atoms with Crippen LogP contribution in [0.1, 0.15) is 19.5 Å². The molecule has 1 aromatic rings. The highest BCUT2D eigenvalue weighted by atomic mass is 16.5. The van der Waals surface area contributed by atoms with Gasteiger partial charge in [-0.1, -0.05) is 6.07 Å². The molecular formula is C15H25N3O. The standard InChI is InChI=1S/C15H25N3O/c1-12-6-5-7-15(16-12)17-10-13(2)18(8-9-19-4)14(3)11-17/h5-7,13-14H,8-11H2,1-4H3/t13-,14-/m0/s1. The number of aromatic nitrogens is 1. The molecule has 0 amide bonds. The second-order valence-corrected chi connectivity index (χ2v) is 5.47. The lowest BCUT2D eigenvalue weighted by Gasteiger charge is -2.44. The lowest BCUT2D eigenvalue weighted by atomic mass is 10.1. The summed E-state index contributed by atoms with van der Waals surface area (Å²) in [5.74, 6) is 1.10. The van der Waals surface area contributed by atoms with E-state index in [2.05, 4.69) is 40.8 Å². The number of methoxy groups -OCH3 is 1. The summed E-state index contributed by atoms with van der Waals surface area (Å²) in [5.41, 5.74) is 1.08. The summed E-state index contributed by atoms with van der Waals surface area (Å²) in [6.07, 6.45) is 0. The predicted octanol–water partition coefficient (Wildman–Crippen LogP) is 1.94. The smallest absolute Gasteiger partial charge is 0.128 e. The molecular weight excluding hydrogens is 238 g/mol. The number of aryl methyl sites for hydroxylation is 1. The second-order valence-electron chi connectivity index (χ2n) is 5.47. The molecule has 0 unspecified atom stereocenters. The Balaban J connectivity index is 2.04. The Morgan fingerprint density at radius 3 is 2.53 bits per heavy atom. The molecule has 1 fully saturated rings. The molecule has 1 aromatic heterocycles. The Hall–Kier alpha value is -1.13. The normalized spacial score (nSPS) is 24.7. The van der Waals surface area contributed by atoms with Crippen molar-refractivity contribution in [2.75, 3.05) is 38.3 Å². The van der Waals surface area contributed by atoms with Crippen LogP contribution in [0, 0.1) is 6.92 Å². The first kappa shape index (κ1) is 14.3. The van der Waals surface area contributed by atoms with Gasteiger partial charge in [0.25, 0.3) is 0 Å². The van der Waals surface area contributed by atoms with E-state index >= 15 is 0 Å². The summed E-state index contributed by atoms with van der Waals surface area (Å²) in [7, 11) is 1.77. The zero-order chi connectivity index (χ0) is 13.8. The van der Waals surface area contributed by atoms with Crippen molar-refractivity contribution in [3.63, 3.8) is 0 Å². The van der Waals surface area contributed by atoms with Gasteiger partial charge in [-0.25, -0.2) is 4.98 Å². The van der Waals surface area contributed by atoms with E-state index in [4.69, 9.17) is 4.74 Å². The van der Waals surface area contributed by atoms with Crippen molar-refractivity contribution < 1.29 is 4.74 Å². The number of piperazine rings is 1. The summed E-state index contributed by atoms with van der Waals surface area (Å²) in [6, 6.07) is 7.30. The summed E-state index contributed by atoms with van der Waals surface area (Å²) in [5, 5.41) is 0. The SMILES string of the molecule is COCCN1[C@@H](C)CN(c2cccc(C)n2)C[C@@H]1C. The van der Waals surface area contributed by atoms with E-state index in [1.54, 1.807) is 7.11 Å². The van der Waals surface area contributed by atoms with Gasteiger partial charge >= 0.3 is 0 Å². The van der Waals surface area contributed by atoms with E-state index < -0.39 is 0 Å². The molecule has 0 aromatic carbocycles. The van der Waals surface area contributed by atoms with Crippen molar-refractivity contribution in [3.8, 4) is 0 Å². The summed E-state index contributed by atoms with van der Waals surface area (Å²) in [4.78, 5) is 9.55. The highest BCUT2D eigenvalue weighted by Crippen LogP contribution is 2.20. The van der Waals surface area contributed by atoms with Gasteiger partial charge in [-0.05, 0) is 32.9 Å². The largest absolute Gasteiger partial charge is 0.383 e. The number of anilines is 1. The van der Waals surface area contributed by atoms with Gasteiger partial charge in [-0.2, -0.15) is 0 Å². The molecule has 4 heteroatoms. The summed E-state index contributed by atoms with van der Waals surface area (Å²) < 4.78 is 5.20. The third kappa shape index (κ3) is 3.45. The van der Waals surface area contributed by atoms with E-state index in [1.807, 2.05) is 13.0 Å². The van der Waals surface area contributed by atoms with Crippen LogP contribution in [0.25, 0.3) is 0 Å². The lowest BCUT2D eigenvalue weighted by Crippen LogP contribution is -2.57.